The van der Waals surface area contributed by atoms with Gasteiger partial charge in [-0.1, -0.05) is 19.1 Å². The van der Waals surface area contributed by atoms with Crippen LogP contribution in [0.4, 0.5) is 0 Å². The average Bonchev–Trinajstić information content (AvgIpc) is 3.28. The van der Waals surface area contributed by atoms with Crippen LogP contribution in [0.1, 0.15) is 49.3 Å². The highest BCUT2D eigenvalue weighted by Crippen LogP contribution is 2.35. The van der Waals surface area contributed by atoms with Crippen LogP contribution in [0.5, 0.6) is 0 Å². The van der Waals surface area contributed by atoms with Gasteiger partial charge in [-0.25, -0.2) is 8.42 Å². The van der Waals surface area contributed by atoms with Crippen molar-refractivity contribution in [1.29, 1.82) is 5.26 Å². The fourth-order valence-corrected chi connectivity index (χ4v) is 7.18. The number of rotatable bonds is 5. The third-order valence-corrected chi connectivity index (χ3v) is 9.40. The Morgan fingerprint density at radius 2 is 2.03 bits per heavy atom. The van der Waals surface area contributed by atoms with E-state index in [1.807, 2.05) is 31.2 Å². The van der Waals surface area contributed by atoms with Gasteiger partial charge in [0, 0.05) is 25.7 Å². The highest BCUT2D eigenvalue weighted by Gasteiger charge is 2.39. The van der Waals surface area contributed by atoms with Gasteiger partial charge in [0.15, 0.2) is 0 Å². The van der Waals surface area contributed by atoms with Crippen molar-refractivity contribution in [3.63, 3.8) is 0 Å². The van der Waals surface area contributed by atoms with Crippen LogP contribution in [0.15, 0.2) is 24.3 Å². The highest BCUT2D eigenvalue weighted by atomic mass is 32.2. The first kappa shape index (κ1) is 22.5. The van der Waals surface area contributed by atoms with Gasteiger partial charge in [-0.05, 0) is 79.9 Å². The summed E-state index contributed by atoms with van der Waals surface area (Å²) in [6.45, 7) is 8.68. The van der Waals surface area contributed by atoms with E-state index in [0.717, 1.165) is 56.7 Å². The molecule has 31 heavy (non-hydrogen) atoms. The number of likely N-dealkylation sites (tertiary alicyclic amines) is 1. The summed E-state index contributed by atoms with van der Waals surface area (Å²) < 4.78 is 33.6. The molecule has 0 aromatic heterocycles. The number of hydrogen-bond donors (Lipinski definition) is 0. The van der Waals surface area contributed by atoms with Crippen molar-refractivity contribution in [3.05, 3.63) is 41.0 Å². The smallest absolute Gasteiger partial charge is 0.214 e. The molecule has 1 aromatic rings. The molecule has 1 atom stereocenters. The molecule has 1 aromatic carbocycles. The molecular formula is C24H33N3O3S. The van der Waals surface area contributed by atoms with E-state index in [1.165, 1.54) is 5.57 Å². The number of hydrogen-bond acceptors (Lipinski definition) is 5. The summed E-state index contributed by atoms with van der Waals surface area (Å²) in [4.78, 5) is 2.48. The maximum absolute atomic E-state index is 13.2. The lowest BCUT2D eigenvalue weighted by molar-refractivity contribution is 0.0832. The molecular weight excluding hydrogens is 410 g/mol. The second-order valence-electron chi connectivity index (χ2n) is 9.60. The number of benzene rings is 1. The Hall–Kier alpha value is -1.72. The zero-order valence-electron chi connectivity index (χ0n) is 18.6. The zero-order chi connectivity index (χ0) is 22.1. The second-order valence-corrected chi connectivity index (χ2v) is 11.6. The van der Waals surface area contributed by atoms with Gasteiger partial charge in [-0.15, -0.1) is 0 Å². The molecule has 0 radical (unpaired) electrons. The monoisotopic (exact) mass is 443 g/mol. The van der Waals surface area contributed by atoms with Crippen molar-refractivity contribution < 1.29 is 13.2 Å². The molecule has 0 spiro atoms. The number of sulfonamides is 1. The second kappa shape index (κ2) is 9.03. The van der Waals surface area contributed by atoms with Gasteiger partial charge in [0.05, 0.1) is 24.0 Å². The molecule has 3 aliphatic heterocycles. The molecule has 168 valence electrons. The Labute approximate surface area is 186 Å². The van der Waals surface area contributed by atoms with Crippen LogP contribution < -0.4 is 0 Å². The predicted molar refractivity (Wildman–Crippen MR) is 122 cm³/mol. The lowest BCUT2D eigenvalue weighted by Crippen LogP contribution is -2.48. The van der Waals surface area contributed by atoms with Gasteiger partial charge < -0.3 is 4.74 Å². The van der Waals surface area contributed by atoms with Gasteiger partial charge in [-0.3, -0.25) is 4.90 Å². The van der Waals surface area contributed by atoms with Gasteiger partial charge in [0.2, 0.25) is 10.0 Å². The van der Waals surface area contributed by atoms with Gasteiger partial charge in [0.1, 0.15) is 0 Å². The molecule has 3 heterocycles. The molecule has 7 heteroatoms. The summed E-state index contributed by atoms with van der Waals surface area (Å²) in [5, 5.41) is 9.07. The lowest BCUT2D eigenvalue weighted by Gasteiger charge is -2.42. The fourth-order valence-electron chi connectivity index (χ4n) is 5.16. The molecule has 4 rings (SSSR count). The number of piperidine rings is 1. The summed E-state index contributed by atoms with van der Waals surface area (Å²) in [5.41, 5.74) is 3.84. The van der Waals surface area contributed by atoms with Gasteiger partial charge >= 0.3 is 0 Å². The number of aryl methyl sites for hydroxylation is 1. The van der Waals surface area contributed by atoms with Crippen LogP contribution in [-0.2, 0) is 14.8 Å². The standard InChI is InChI=1S/C24H33N3O3S/c1-19-15-20(16-25)3-4-23(19)21-5-10-27(11-6-21)31(28,29)18-24(2)8-12-26(13-9-24)22-7-14-30-17-22/h3-5,15,22H,6-14,17-18H2,1-2H3/t22-/m0/s1. The first-order valence-corrected chi connectivity index (χ1v) is 12.9. The summed E-state index contributed by atoms with van der Waals surface area (Å²) >= 11 is 0. The van der Waals surface area contributed by atoms with Gasteiger partial charge in [0.25, 0.3) is 0 Å². The quantitative estimate of drug-likeness (QED) is 0.699. The third-order valence-electron chi connectivity index (χ3n) is 7.22. The van der Waals surface area contributed by atoms with Crippen LogP contribution in [-0.4, -0.2) is 68.8 Å². The van der Waals surface area contributed by atoms with Crippen molar-refractivity contribution >= 4 is 15.6 Å². The van der Waals surface area contributed by atoms with Crippen LogP contribution in [0.25, 0.3) is 5.57 Å². The summed E-state index contributed by atoms with van der Waals surface area (Å²) in [7, 11) is -3.30. The Bertz CT molecular complexity index is 982. The summed E-state index contributed by atoms with van der Waals surface area (Å²) in [5.74, 6) is 0.230. The van der Waals surface area contributed by atoms with E-state index in [1.54, 1.807) is 4.31 Å². The maximum Gasteiger partial charge on any atom is 0.214 e. The third kappa shape index (κ3) is 5.04. The van der Waals surface area contributed by atoms with Crippen molar-refractivity contribution in [3.8, 4) is 6.07 Å². The van der Waals surface area contributed by atoms with E-state index in [2.05, 4.69) is 17.9 Å². The number of ether oxygens (including phenoxy) is 1. The molecule has 0 unspecified atom stereocenters. The normalized spacial score (nSPS) is 25.2. The van der Waals surface area contributed by atoms with E-state index in [0.29, 0.717) is 31.1 Å². The topological polar surface area (TPSA) is 73.6 Å². The minimum atomic E-state index is -3.30. The van der Waals surface area contributed by atoms with Crippen LogP contribution in [0, 0.1) is 23.7 Å². The first-order chi connectivity index (χ1) is 14.8. The van der Waals surface area contributed by atoms with Gasteiger partial charge in [-0.2, -0.15) is 9.57 Å². The first-order valence-electron chi connectivity index (χ1n) is 11.3. The Kier molecular flexibility index (Phi) is 6.55. The highest BCUT2D eigenvalue weighted by molar-refractivity contribution is 7.89. The van der Waals surface area contributed by atoms with E-state index in [-0.39, 0.29) is 11.2 Å². The minimum absolute atomic E-state index is 0.164. The van der Waals surface area contributed by atoms with E-state index in [9.17, 15) is 8.42 Å². The molecule has 3 aliphatic rings. The zero-order valence-corrected chi connectivity index (χ0v) is 19.5. The molecule has 0 bridgehead atoms. The number of nitriles is 1. The molecule has 6 nitrogen and oxygen atoms in total. The number of nitrogens with zero attached hydrogens (tertiary/aromatic N) is 3. The minimum Gasteiger partial charge on any atom is -0.380 e. The Balaban J connectivity index is 1.37. The Morgan fingerprint density at radius 1 is 1.26 bits per heavy atom. The maximum atomic E-state index is 13.2. The van der Waals surface area contributed by atoms with E-state index < -0.39 is 10.0 Å². The Morgan fingerprint density at radius 3 is 2.61 bits per heavy atom. The SMILES string of the molecule is Cc1cc(C#N)ccc1C1=CCN(S(=O)(=O)CC2(C)CCN([C@H]3CCOC3)CC2)CC1. The largest absolute Gasteiger partial charge is 0.380 e. The fraction of sp³-hybridized carbons (Fsp3) is 0.625. The van der Waals surface area contributed by atoms with E-state index in [4.69, 9.17) is 10.00 Å². The van der Waals surface area contributed by atoms with E-state index >= 15 is 0 Å². The summed E-state index contributed by atoms with van der Waals surface area (Å²) in [6, 6.07) is 8.38. The van der Waals surface area contributed by atoms with Crippen LogP contribution in [0.2, 0.25) is 0 Å². The lowest BCUT2D eigenvalue weighted by atomic mass is 9.82. The molecule has 0 N–H and O–H groups in total. The molecule has 2 saturated heterocycles. The predicted octanol–water partition coefficient (Wildman–Crippen LogP) is 3.18. The van der Waals surface area contributed by atoms with Crippen molar-refractivity contribution in [2.75, 3.05) is 45.1 Å². The van der Waals surface area contributed by atoms with Crippen molar-refractivity contribution in [1.82, 2.24) is 9.21 Å². The summed E-state index contributed by atoms with van der Waals surface area (Å²) in [6.07, 6.45) is 5.68. The average molecular weight is 444 g/mol. The van der Waals surface area contributed by atoms with Crippen molar-refractivity contribution in [2.24, 2.45) is 5.41 Å². The van der Waals surface area contributed by atoms with Crippen LogP contribution in [0.3, 0.4) is 0 Å². The van der Waals surface area contributed by atoms with Crippen molar-refractivity contribution in [2.45, 2.75) is 45.6 Å². The van der Waals surface area contributed by atoms with Crippen LogP contribution >= 0.6 is 0 Å². The molecule has 0 amide bonds. The molecule has 0 aliphatic carbocycles. The molecule has 0 saturated carbocycles. The molecule has 2 fully saturated rings.